The van der Waals surface area contributed by atoms with Crippen molar-refractivity contribution < 1.29 is 14.7 Å². The van der Waals surface area contributed by atoms with E-state index in [1.54, 1.807) is 17.1 Å². The van der Waals surface area contributed by atoms with Gasteiger partial charge < -0.3 is 10.4 Å². The fraction of sp³-hybridized carbons (Fsp3) is 0.429. The third kappa shape index (κ3) is 5.10. The van der Waals surface area contributed by atoms with Gasteiger partial charge in [-0.1, -0.05) is 11.6 Å². The molecular formula is C14H18ClN5O3. The summed E-state index contributed by atoms with van der Waals surface area (Å²) in [7, 11) is 0. The average Bonchev–Trinajstić information content (AvgIpc) is 3.09. The first kappa shape index (κ1) is 17.0. The predicted molar refractivity (Wildman–Crippen MR) is 83.4 cm³/mol. The number of nitrogens with zero attached hydrogens (tertiary/aromatic N) is 4. The second-order valence-electron chi connectivity index (χ2n) is 5.05. The van der Waals surface area contributed by atoms with Crippen LogP contribution in [0.5, 0.6) is 0 Å². The highest BCUT2D eigenvalue weighted by Gasteiger charge is 2.08. The van der Waals surface area contributed by atoms with E-state index in [1.165, 1.54) is 10.7 Å². The molecule has 0 aliphatic rings. The number of aromatic carboxylic acids is 1. The van der Waals surface area contributed by atoms with Gasteiger partial charge in [0.2, 0.25) is 5.91 Å². The maximum atomic E-state index is 11.7. The molecule has 0 saturated heterocycles. The van der Waals surface area contributed by atoms with Crippen LogP contribution in [0.2, 0.25) is 5.02 Å². The summed E-state index contributed by atoms with van der Waals surface area (Å²) in [6, 6.07) is 1.40. The standard InChI is InChI=1S/C14H18ClN5O3/c1-10-11(15)9-20(17-10)6-2-5-16-13(21)4-8-19-7-3-12(18-19)14(22)23/h3,7,9H,2,4-6,8H2,1H3,(H,16,21)(H,22,23). The summed E-state index contributed by atoms with van der Waals surface area (Å²) in [6.45, 7) is 3.39. The summed E-state index contributed by atoms with van der Waals surface area (Å²) >= 11 is 5.92. The number of aryl methyl sites for hydroxylation is 3. The minimum absolute atomic E-state index is 0.0291. The summed E-state index contributed by atoms with van der Waals surface area (Å²) in [5.74, 6) is -1.19. The molecule has 0 atom stereocenters. The van der Waals surface area contributed by atoms with Crippen molar-refractivity contribution in [2.45, 2.75) is 32.9 Å². The highest BCUT2D eigenvalue weighted by molar-refractivity contribution is 6.31. The van der Waals surface area contributed by atoms with E-state index in [0.717, 1.165) is 12.1 Å². The van der Waals surface area contributed by atoms with Crippen molar-refractivity contribution in [1.82, 2.24) is 24.9 Å². The number of nitrogens with one attached hydrogen (secondary N) is 1. The van der Waals surface area contributed by atoms with Gasteiger partial charge >= 0.3 is 5.97 Å². The first-order chi connectivity index (χ1) is 11.0. The number of hydrogen-bond donors (Lipinski definition) is 2. The van der Waals surface area contributed by atoms with E-state index in [-0.39, 0.29) is 18.0 Å². The lowest BCUT2D eigenvalue weighted by molar-refractivity contribution is -0.121. The van der Waals surface area contributed by atoms with Crippen LogP contribution in [0.25, 0.3) is 0 Å². The Kier molecular flexibility index (Phi) is 5.75. The molecule has 2 rings (SSSR count). The molecule has 2 aromatic rings. The minimum Gasteiger partial charge on any atom is -0.476 e. The number of aromatic nitrogens is 4. The molecule has 1 amide bonds. The zero-order valence-electron chi connectivity index (χ0n) is 12.7. The van der Waals surface area contributed by atoms with Gasteiger partial charge in [-0.3, -0.25) is 14.2 Å². The molecule has 0 fully saturated rings. The van der Waals surface area contributed by atoms with Gasteiger partial charge in [0.05, 0.1) is 10.7 Å². The molecule has 23 heavy (non-hydrogen) atoms. The summed E-state index contributed by atoms with van der Waals surface area (Å²) in [5.41, 5.74) is 0.759. The first-order valence-electron chi connectivity index (χ1n) is 7.18. The summed E-state index contributed by atoms with van der Waals surface area (Å²) < 4.78 is 3.19. The van der Waals surface area contributed by atoms with E-state index in [0.29, 0.717) is 24.7 Å². The van der Waals surface area contributed by atoms with Crippen LogP contribution in [0.4, 0.5) is 0 Å². The molecule has 9 heteroatoms. The largest absolute Gasteiger partial charge is 0.476 e. The number of carboxylic acid groups (broad SMARTS) is 1. The van der Waals surface area contributed by atoms with Crippen molar-refractivity contribution in [2.24, 2.45) is 0 Å². The fourth-order valence-electron chi connectivity index (χ4n) is 1.98. The Hall–Kier alpha value is -2.35. The Morgan fingerprint density at radius 2 is 2.09 bits per heavy atom. The molecule has 0 aliphatic carbocycles. The van der Waals surface area contributed by atoms with Crippen molar-refractivity contribution in [1.29, 1.82) is 0 Å². The fourth-order valence-corrected chi connectivity index (χ4v) is 2.13. The Bertz CT molecular complexity index is 675. The molecule has 2 aromatic heterocycles. The second kappa shape index (κ2) is 7.77. The van der Waals surface area contributed by atoms with Crippen molar-refractivity contribution >= 4 is 23.5 Å². The molecular weight excluding hydrogens is 322 g/mol. The molecule has 8 nitrogen and oxygen atoms in total. The Labute approximate surface area is 138 Å². The summed E-state index contributed by atoms with van der Waals surface area (Å²) in [4.78, 5) is 22.4. The Balaban J connectivity index is 1.64. The number of carbonyl (C=O) groups excluding carboxylic acids is 1. The van der Waals surface area contributed by atoms with E-state index in [2.05, 4.69) is 15.5 Å². The minimum atomic E-state index is -1.08. The van der Waals surface area contributed by atoms with Crippen molar-refractivity contribution in [3.05, 3.63) is 34.9 Å². The van der Waals surface area contributed by atoms with E-state index < -0.39 is 5.97 Å². The molecule has 2 N–H and O–H groups in total. The maximum Gasteiger partial charge on any atom is 0.356 e. The van der Waals surface area contributed by atoms with Crippen LogP contribution in [0.3, 0.4) is 0 Å². The SMILES string of the molecule is Cc1nn(CCCNC(=O)CCn2ccc(C(=O)O)n2)cc1Cl. The Morgan fingerprint density at radius 3 is 2.70 bits per heavy atom. The molecule has 0 aliphatic heterocycles. The third-order valence-electron chi connectivity index (χ3n) is 3.20. The van der Waals surface area contributed by atoms with Gasteiger partial charge in [-0.2, -0.15) is 10.2 Å². The van der Waals surface area contributed by atoms with Crippen molar-refractivity contribution in [3.8, 4) is 0 Å². The molecule has 0 unspecified atom stereocenters. The van der Waals surface area contributed by atoms with Gasteiger partial charge in [-0.25, -0.2) is 4.79 Å². The number of halogens is 1. The molecule has 124 valence electrons. The van der Waals surface area contributed by atoms with Crippen LogP contribution in [-0.4, -0.2) is 43.1 Å². The van der Waals surface area contributed by atoms with E-state index >= 15 is 0 Å². The van der Waals surface area contributed by atoms with Crippen LogP contribution in [-0.2, 0) is 17.9 Å². The predicted octanol–water partition coefficient (Wildman–Crippen LogP) is 1.34. The molecule has 0 spiro atoms. The summed E-state index contributed by atoms with van der Waals surface area (Å²) in [5, 5.41) is 20.3. The monoisotopic (exact) mass is 339 g/mol. The average molecular weight is 340 g/mol. The lowest BCUT2D eigenvalue weighted by Gasteiger charge is -2.05. The Morgan fingerprint density at radius 1 is 1.30 bits per heavy atom. The smallest absolute Gasteiger partial charge is 0.356 e. The normalized spacial score (nSPS) is 10.7. The molecule has 0 saturated carbocycles. The molecule has 2 heterocycles. The summed E-state index contributed by atoms with van der Waals surface area (Å²) in [6.07, 6.45) is 4.29. The van der Waals surface area contributed by atoms with Crippen molar-refractivity contribution in [2.75, 3.05) is 6.54 Å². The van der Waals surface area contributed by atoms with Gasteiger partial charge in [0.15, 0.2) is 5.69 Å². The molecule has 0 radical (unpaired) electrons. The zero-order valence-corrected chi connectivity index (χ0v) is 13.5. The highest BCUT2D eigenvalue weighted by Crippen LogP contribution is 2.11. The number of carbonyl (C=O) groups is 2. The van der Waals surface area contributed by atoms with Gasteiger partial charge in [0.25, 0.3) is 0 Å². The number of carboxylic acids is 1. The zero-order chi connectivity index (χ0) is 16.8. The quantitative estimate of drug-likeness (QED) is 0.706. The van der Waals surface area contributed by atoms with E-state index in [9.17, 15) is 9.59 Å². The van der Waals surface area contributed by atoms with Gasteiger partial charge in [-0.15, -0.1) is 0 Å². The number of amides is 1. The van der Waals surface area contributed by atoms with E-state index in [4.69, 9.17) is 16.7 Å². The highest BCUT2D eigenvalue weighted by atomic mass is 35.5. The van der Waals surface area contributed by atoms with Crippen LogP contribution in [0.1, 0.15) is 29.0 Å². The van der Waals surface area contributed by atoms with Gasteiger partial charge in [0.1, 0.15) is 0 Å². The lowest BCUT2D eigenvalue weighted by Crippen LogP contribution is -2.26. The lowest BCUT2D eigenvalue weighted by atomic mass is 10.3. The molecule has 0 bridgehead atoms. The molecule has 0 aromatic carbocycles. The topological polar surface area (TPSA) is 102 Å². The van der Waals surface area contributed by atoms with Gasteiger partial charge in [0, 0.05) is 38.4 Å². The maximum absolute atomic E-state index is 11.7. The van der Waals surface area contributed by atoms with Gasteiger partial charge in [-0.05, 0) is 19.4 Å². The third-order valence-corrected chi connectivity index (χ3v) is 3.57. The van der Waals surface area contributed by atoms with Crippen LogP contribution in [0.15, 0.2) is 18.5 Å². The van der Waals surface area contributed by atoms with Crippen LogP contribution < -0.4 is 5.32 Å². The number of hydrogen-bond acceptors (Lipinski definition) is 4. The number of rotatable bonds is 8. The van der Waals surface area contributed by atoms with Crippen LogP contribution in [0, 0.1) is 6.92 Å². The van der Waals surface area contributed by atoms with Crippen LogP contribution >= 0.6 is 11.6 Å². The van der Waals surface area contributed by atoms with Crippen molar-refractivity contribution in [3.63, 3.8) is 0 Å². The van der Waals surface area contributed by atoms with E-state index in [1.807, 2.05) is 6.92 Å². The second-order valence-corrected chi connectivity index (χ2v) is 5.46. The first-order valence-corrected chi connectivity index (χ1v) is 7.56.